The van der Waals surface area contributed by atoms with E-state index < -0.39 is 0 Å². The highest BCUT2D eigenvalue weighted by Gasteiger charge is 2.30. The number of rotatable bonds is 8. The van der Waals surface area contributed by atoms with Gasteiger partial charge in [-0.05, 0) is 57.0 Å². The lowest BCUT2D eigenvalue weighted by atomic mass is 10.0. The van der Waals surface area contributed by atoms with E-state index >= 15 is 0 Å². The molecule has 1 fully saturated rings. The number of nitrogens with one attached hydrogen (secondary N) is 1. The number of ether oxygens (including phenoxy) is 2. The van der Waals surface area contributed by atoms with Gasteiger partial charge >= 0.3 is 0 Å². The number of amides is 1. The summed E-state index contributed by atoms with van der Waals surface area (Å²) in [6, 6.07) is 11.8. The number of furan rings is 1. The first-order valence-corrected chi connectivity index (χ1v) is 11.3. The third-order valence-electron chi connectivity index (χ3n) is 6.60. The minimum absolute atomic E-state index is 0.0698. The fourth-order valence-electron chi connectivity index (χ4n) is 4.70. The molecule has 0 saturated carbocycles. The number of nitriles is 1. The Kier molecular flexibility index (Phi) is 6.94. The molecular formula is C26H30N4O4. The van der Waals surface area contributed by atoms with Crippen LogP contribution in [-0.4, -0.2) is 42.7 Å². The Hall–Kier alpha value is -3.70. The SMILES string of the molecule is COc1ccc(C2CCCN2CC(=O)Nc2c(C#N)c(C)c(C)n2Cc2ccco2)c(OC)c1. The lowest BCUT2D eigenvalue weighted by Crippen LogP contribution is -2.33. The Morgan fingerprint density at radius 2 is 2.09 bits per heavy atom. The lowest BCUT2D eigenvalue weighted by Gasteiger charge is -2.26. The summed E-state index contributed by atoms with van der Waals surface area (Å²) in [7, 11) is 3.27. The third-order valence-corrected chi connectivity index (χ3v) is 6.60. The molecule has 0 aliphatic carbocycles. The topological polar surface area (TPSA) is 92.7 Å². The summed E-state index contributed by atoms with van der Waals surface area (Å²) in [6.07, 6.45) is 3.54. The minimum Gasteiger partial charge on any atom is -0.497 e. The number of carbonyl (C=O) groups excluding carboxylic acids is 1. The van der Waals surface area contributed by atoms with E-state index in [1.807, 2.05) is 48.7 Å². The molecule has 0 radical (unpaired) electrons. The second kappa shape index (κ2) is 10.1. The maximum atomic E-state index is 13.2. The molecule has 34 heavy (non-hydrogen) atoms. The molecule has 178 valence electrons. The van der Waals surface area contributed by atoms with E-state index in [0.717, 1.165) is 53.5 Å². The van der Waals surface area contributed by atoms with E-state index in [9.17, 15) is 10.1 Å². The van der Waals surface area contributed by atoms with E-state index in [0.29, 0.717) is 17.9 Å². The van der Waals surface area contributed by atoms with Crippen LogP contribution in [0.4, 0.5) is 5.82 Å². The molecule has 8 nitrogen and oxygen atoms in total. The molecule has 4 rings (SSSR count). The van der Waals surface area contributed by atoms with Gasteiger partial charge in [-0.25, -0.2) is 0 Å². The monoisotopic (exact) mass is 462 g/mol. The van der Waals surface area contributed by atoms with Crippen molar-refractivity contribution < 1.29 is 18.7 Å². The number of nitrogens with zero attached hydrogens (tertiary/aromatic N) is 3. The Labute approximate surface area is 199 Å². The first-order chi connectivity index (χ1) is 16.5. The predicted octanol–water partition coefficient (Wildman–Crippen LogP) is 4.41. The highest BCUT2D eigenvalue weighted by molar-refractivity contribution is 5.93. The summed E-state index contributed by atoms with van der Waals surface area (Å²) in [5, 5.41) is 12.8. The molecule has 1 aliphatic heterocycles. The van der Waals surface area contributed by atoms with E-state index in [-0.39, 0.29) is 18.5 Å². The predicted molar refractivity (Wildman–Crippen MR) is 128 cm³/mol. The van der Waals surface area contributed by atoms with Crippen molar-refractivity contribution >= 4 is 11.7 Å². The molecular weight excluding hydrogens is 432 g/mol. The summed E-state index contributed by atoms with van der Waals surface area (Å²) < 4.78 is 18.4. The van der Waals surface area contributed by atoms with Crippen LogP contribution in [-0.2, 0) is 11.3 Å². The number of carbonyl (C=O) groups is 1. The van der Waals surface area contributed by atoms with Gasteiger partial charge in [0.05, 0.1) is 39.1 Å². The first kappa shape index (κ1) is 23.5. The average Bonchev–Trinajstić information content (AvgIpc) is 3.57. The van der Waals surface area contributed by atoms with Gasteiger partial charge < -0.3 is 23.8 Å². The fraction of sp³-hybridized carbons (Fsp3) is 0.385. The van der Waals surface area contributed by atoms with Gasteiger partial charge in [0.2, 0.25) is 5.91 Å². The second-order valence-electron chi connectivity index (χ2n) is 8.50. The third kappa shape index (κ3) is 4.52. The van der Waals surface area contributed by atoms with Crippen molar-refractivity contribution in [2.24, 2.45) is 0 Å². The van der Waals surface area contributed by atoms with Crippen molar-refractivity contribution in [3.8, 4) is 17.6 Å². The summed E-state index contributed by atoms with van der Waals surface area (Å²) in [5.41, 5.74) is 3.29. The minimum atomic E-state index is -0.158. The van der Waals surface area contributed by atoms with Crippen LogP contribution >= 0.6 is 0 Å². The van der Waals surface area contributed by atoms with Crippen LogP contribution in [0.3, 0.4) is 0 Å². The zero-order valence-corrected chi connectivity index (χ0v) is 20.1. The molecule has 3 aromatic rings. The lowest BCUT2D eigenvalue weighted by molar-refractivity contribution is -0.117. The number of hydrogen-bond donors (Lipinski definition) is 1. The van der Waals surface area contributed by atoms with Crippen molar-refractivity contribution in [3.63, 3.8) is 0 Å². The Balaban J connectivity index is 1.55. The van der Waals surface area contributed by atoms with Crippen LogP contribution in [0.1, 0.15) is 47.0 Å². The maximum absolute atomic E-state index is 13.2. The maximum Gasteiger partial charge on any atom is 0.239 e. The molecule has 1 amide bonds. The van der Waals surface area contributed by atoms with Crippen LogP contribution in [0.25, 0.3) is 0 Å². The van der Waals surface area contributed by atoms with Crippen molar-refractivity contribution in [1.29, 1.82) is 5.26 Å². The van der Waals surface area contributed by atoms with Gasteiger partial charge in [-0.3, -0.25) is 9.69 Å². The first-order valence-electron chi connectivity index (χ1n) is 11.3. The Morgan fingerprint density at radius 3 is 2.76 bits per heavy atom. The van der Waals surface area contributed by atoms with Crippen LogP contribution in [0.15, 0.2) is 41.0 Å². The van der Waals surface area contributed by atoms with E-state index in [1.54, 1.807) is 20.5 Å². The number of methoxy groups -OCH3 is 2. The van der Waals surface area contributed by atoms with Crippen molar-refractivity contribution in [3.05, 3.63) is 64.7 Å². The number of likely N-dealkylation sites (tertiary alicyclic amines) is 1. The van der Waals surface area contributed by atoms with E-state index in [1.165, 1.54) is 0 Å². The van der Waals surface area contributed by atoms with Crippen LogP contribution in [0, 0.1) is 25.2 Å². The van der Waals surface area contributed by atoms with Crippen LogP contribution < -0.4 is 14.8 Å². The van der Waals surface area contributed by atoms with Gasteiger partial charge in [-0.1, -0.05) is 6.07 Å². The fourth-order valence-corrected chi connectivity index (χ4v) is 4.70. The van der Waals surface area contributed by atoms with Crippen LogP contribution in [0.2, 0.25) is 0 Å². The molecule has 3 heterocycles. The largest absolute Gasteiger partial charge is 0.497 e. The normalized spacial score (nSPS) is 15.8. The molecule has 1 aliphatic rings. The summed E-state index contributed by atoms with van der Waals surface area (Å²) in [4.78, 5) is 15.4. The summed E-state index contributed by atoms with van der Waals surface area (Å²) >= 11 is 0. The highest BCUT2D eigenvalue weighted by Crippen LogP contribution is 2.38. The second-order valence-corrected chi connectivity index (χ2v) is 8.50. The van der Waals surface area contributed by atoms with Gasteiger partial charge in [-0.2, -0.15) is 5.26 Å². The van der Waals surface area contributed by atoms with Gasteiger partial charge in [0.1, 0.15) is 29.1 Å². The molecule has 1 saturated heterocycles. The van der Waals surface area contributed by atoms with E-state index in [4.69, 9.17) is 13.9 Å². The molecule has 1 N–H and O–H groups in total. The summed E-state index contributed by atoms with van der Waals surface area (Å²) in [6.45, 7) is 5.31. The smallest absolute Gasteiger partial charge is 0.239 e. The zero-order valence-electron chi connectivity index (χ0n) is 20.1. The molecule has 2 aromatic heterocycles. The highest BCUT2D eigenvalue weighted by atomic mass is 16.5. The summed E-state index contributed by atoms with van der Waals surface area (Å²) in [5.74, 6) is 2.59. The average molecular weight is 463 g/mol. The zero-order chi connectivity index (χ0) is 24.2. The van der Waals surface area contributed by atoms with Gasteiger partial charge in [0.15, 0.2) is 0 Å². The standard InChI is InChI=1S/C26H30N4O4/c1-17-18(2)30(15-20-7-6-12-34-20)26(22(17)14-27)28-25(31)16-29-11-5-8-23(29)21-10-9-19(32-3)13-24(21)33-4/h6-7,9-10,12-13,23H,5,8,11,15-16H2,1-4H3,(H,28,31). The number of hydrogen-bond acceptors (Lipinski definition) is 6. The Morgan fingerprint density at radius 1 is 1.26 bits per heavy atom. The van der Waals surface area contributed by atoms with Crippen molar-refractivity contribution in [1.82, 2.24) is 9.47 Å². The van der Waals surface area contributed by atoms with E-state index in [2.05, 4.69) is 16.3 Å². The Bertz CT molecular complexity index is 1210. The van der Waals surface area contributed by atoms with Crippen molar-refractivity contribution in [2.45, 2.75) is 39.3 Å². The van der Waals surface area contributed by atoms with Gasteiger partial charge in [0.25, 0.3) is 0 Å². The molecule has 0 bridgehead atoms. The van der Waals surface area contributed by atoms with Gasteiger partial charge in [0, 0.05) is 23.4 Å². The quantitative estimate of drug-likeness (QED) is 0.533. The van der Waals surface area contributed by atoms with Crippen LogP contribution in [0.5, 0.6) is 11.5 Å². The number of anilines is 1. The van der Waals surface area contributed by atoms with Crippen molar-refractivity contribution in [2.75, 3.05) is 32.6 Å². The molecule has 0 spiro atoms. The molecule has 1 aromatic carbocycles. The molecule has 8 heteroatoms. The van der Waals surface area contributed by atoms with Gasteiger partial charge in [-0.15, -0.1) is 0 Å². The molecule has 1 atom stereocenters. The number of aromatic nitrogens is 1. The number of benzene rings is 1. The molecule has 1 unspecified atom stereocenters.